The number of carbonyl (C=O) groups is 2. The highest BCUT2D eigenvalue weighted by Crippen LogP contribution is 2.28. The first kappa shape index (κ1) is 27.5. The number of aliphatic hydroxyl groups is 1. The zero-order valence-corrected chi connectivity index (χ0v) is 21.6. The van der Waals surface area contributed by atoms with Crippen LogP contribution in [0.1, 0.15) is 33.5 Å². The second-order valence-electron chi connectivity index (χ2n) is 8.79. The molecule has 0 spiro atoms. The molecule has 7 heteroatoms. The molecule has 0 saturated carbocycles. The second kappa shape index (κ2) is 13.8. The number of aryl methyl sites for hydroxylation is 1. The Hall–Kier alpha value is -3.13. The van der Waals surface area contributed by atoms with Gasteiger partial charge in [0.05, 0.1) is 6.61 Å². The average Bonchev–Trinajstić information content (AvgIpc) is 2.89. The van der Waals surface area contributed by atoms with Crippen LogP contribution in [0.25, 0.3) is 11.1 Å². The van der Waals surface area contributed by atoms with Crippen LogP contribution in [0.15, 0.2) is 72.8 Å². The number of carboxylic acid groups (broad SMARTS) is 1. The van der Waals surface area contributed by atoms with E-state index in [4.69, 9.17) is 0 Å². The minimum absolute atomic E-state index is 0.00660. The number of aliphatic hydroxyl groups excluding tert-OH is 1. The fourth-order valence-electron chi connectivity index (χ4n) is 4.09. The zero-order valence-electron chi connectivity index (χ0n) is 20.7. The first-order valence-corrected chi connectivity index (χ1v) is 13.4. The van der Waals surface area contributed by atoms with Crippen LogP contribution < -0.4 is 10.6 Å². The van der Waals surface area contributed by atoms with Crippen LogP contribution in [-0.2, 0) is 17.8 Å². The lowest BCUT2D eigenvalue weighted by atomic mass is 9.93. The van der Waals surface area contributed by atoms with Crippen molar-refractivity contribution in [2.75, 3.05) is 18.6 Å². The van der Waals surface area contributed by atoms with Crippen molar-refractivity contribution in [3.05, 3.63) is 95.1 Å². The summed E-state index contributed by atoms with van der Waals surface area (Å²) >= 11 is 1.54. The molecule has 0 saturated heterocycles. The molecule has 3 rings (SSSR count). The van der Waals surface area contributed by atoms with Crippen LogP contribution in [-0.4, -0.2) is 52.8 Å². The average molecular weight is 507 g/mol. The molecule has 190 valence electrons. The quantitative estimate of drug-likeness (QED) is 0.276. The molecule has 0 aliphatic carbocycles. The highest BCUT2D eigenvalue weighted by Gasteiger charge is 2.23. The van der Waals surface area contributed by atoms with Crippen molar-refractivity contribution in [1.82, 2.24) is 10.6 Å². The summed E-state index contributed by atoms with van der Waals surface area (Å²) < 4.78 is 0. The van der Waals surface area contributed by atoms with Gasteiger partial charge < -0.3 is 20.8 Å². The molecule has 4 N–H and O–H groups in total. The Labute approximate surface area is 217 Å². The van der Waals surface area contributed by atoms with Gasteiger partial charge in [-0.25, -0.2) is 4.79 Å². The molecule has 36 heavy (non-hydrogen) atoms. The smallest absolute Gasteiger partial charge is 0.326 e. The van der Waals surface area contributed by atoms with Crippen LogP contribution in [0.3, 0.4) is 0 Å². The topological polar surface area (TPSA) is 98.7 Å². The highest BCUT2D eigenvalue weighted by molar-refractivity contribution is 7.98. The fourth-order valence-corrected chi connectivity index (χ4v) is 4.56. The van der Waals surface area contributed by atoms with Crippen LogP contribution in [0.4, 0.5) is 0 Å². The van der Waals surface area contributed by atoms with E-state index in [9.17, 15) is 19.8 Å². The van der Waals surface area contributed by atoms with E-state index in [0.29, 0.717) is 30.7 Å². The third-order valence-electron chi connectivity index (χ3n) is 6.12. The number of amides is 1. The van der Waals surface area contributed by atoms with E-state index >= 15 is 0 Å². The third-order valence-corrected chi connectivity index (χ3v) is 6.76. The predicted molar refractivity (Wildman–Crippen MR) is 146 cm³/mol. The van der Waals surface area contributed by atoms with E-state index < -0.39 is 17.9 Å². The second-order valence-corrected chi connectivity index (χ2v) is 9.78. The maximum Gasteiger partial charge on any atom is 0.326 e. The van der Waals surface area contributed by atoms with Gasteiger partial charge in [-0.2, -0.15) is 11.8 Å². The summed E-state index contributed by atoms with van der Waals surface area (Å²) in [6.45, 7) is 2.51. The van der Waals surface area contributed by atoms with Gasteiger partial charge in [0, 0.05) is 18.2 Å². The van der Waals surface area contributed by atoms with Crippen molar-refractivity contribution in [1.29, 1.82) is 0 Å². The Balaban J connectivity index is 1.84. The van der Waals surface area contributed by atoms with Crippen LogP contribution >= 0.6 is 11.8 Å². The summed E-state index contributed by atoms with van der Waals surface area (Å²) in [4.78, 5) is 24.9. The van der Waals surface area contributed by atoms with E-state index in [-0.39, 0.29) is 12.6 Å². The summed E-state index contributed by atoms with van der Waals surface area (Å²) in [5.41, 5.74) is 5.24. The van der Waals surface area contributed by atoms with Gasteiger partial charge in [-0.05, 0) is 71.7 Å². The minimum Gasteiger partial charge on any atom is -0.480 e. The number of thioether (sulfide) groups is 1. The first-order chi connectivity index (χ1) is 17.4. The van der Waals surface area contributed by atoms with Gasteiger partial charge in [0.2, 0.25) is 0 Å². The Bertz CT molecular complexity index is 1150. The molecule has 1 amide bonds. The molecule has 0 heterocycles. The normalized spacial score (nSPS) is 12.6. The number of rotatable bonds is 13. The largest absolute Gasteiger partial charge is 0.480 e. The standard InChI is InChI=1S/C29H34N2O4S/c1-20-8-6-7-11-24(20)26-17-22(18-30-23(19-32)16-21-9-4-3-5-10-21)12-13-25(26)28(33)31-27(29(34)35)14-15-36-2/h3-13,17,23,27,30,32H,14-16,18-19H2,1-2H3,(H,31,33)(H,34,35)/t23-,27-/m0/s1. The number of benzene rings is 3. The molecule has 6 nitrogen and oxygen atoms in total. The minimum atomic E-state index is -1.04. The Morgan fingerprint density at radius 3 is 2.33 bits per heavy atom. The van der Waals surface area contributed by atoms with Gasteiger partial charge in [0.25, 0.3) is 5.91 Å². The number of hydrogen-bond acceptors (Lipinski definition) is 5. The van der Waals surface area contributed by atoms with Crippen molar-refractivity contribution in [3.63, 3.8) is 0 Å². The van der Waals surface area contributed by atoms with Crippen LogP contribution in [0, 0.1) is 6.92 Å². The molecule has 0 bridgehead atoms. The fraction of sp³-hybridized carbons (Fsp3) is 0.310. The van der Waals surface area contributed by atoms with E-state index in [1.807, 2.05) is 79.9 Å². The highest BCUT2D eigenvalue weighted by atomic mass is 32.2. The molecule has 0 aliphatic heterocycles. The molecule has 3 aromatic rings. The van der Waals surface area contributed by atoms with Crippen LogP contribution in [0.5, 0.6) is 0 Å². The van der Waals surface area contributed by atoms with Crippen molar-refractivity contribution < 1.29 is 19.8 Å². The van der Waals surface area contributed by atoms with Crippen molar-refractivity contribution in [3.8, 4) is 11.1 Å². The van der Waals surface area contributed by atoms with E-state index in [1.54, 1.807) is 17.8 Å². The molecule has 0 radical (unpaired) electrons. The van der Waals surface area contributed by atoms with Gasteiger partial charge in [-0.3, -0.25) is 4.79 Å². The third kappa shape index (κ3) is 7.68. The van der Waals surface area contributed by atoms with Gasteiger partial charge in [-0.1, -0.05) is 60.7 Å². The molecule has 0 aromatic heterocycles. The number of hydrogen-bond donors (Lipinski definition) is 4. The van der Waals surface area contributed by atoms with E-state index in [2.05, 4.69) is 10.6 Å². The lowest BCUT2D eigenvalue weighted by Crippen LogP contribution is -2.41. The SMILES string of the molecule is CSCC[C@H](NC(=O)c1ccc(CN[C@H](CO)Cc2ccccc2)cc1-c1ccccc1C)C(=O)O. The Kier molecular flexibility index (Phi) is 10.5. The Morgan fingerprint density at radius 2 is 1.67 bits per heavy atom. The summed E-state index contributed by atoms with van der Waals surface area (Å²) in [6.07, 6.45) is 2.97. The van der Waals surface area contributed by atoms with Crippen molar-refractivity contribution >= 4 is 23.6 Å². The maximum absolute atomic E-state index is 13.2. The van der Waals surface area contributed by atoms with Gasteiger partial charge >= 0.3 is 5.97 Å². The molecule has 3 aromatic carbocycles. The predicted octanol–water partition coefficient (Wildman–Crippen LogP) is 4.29. The molecule has 2 atom stereocenters. The van der Waals surface area contributed by atoms with Crippen molar-refractivity contribution in [2.45, 2.75) is 38.4 Å². The number of nitrogens with one attached hydrogen (secondary N) is 2. The lowest BCUT2D eigenvalue weighted by Gasteiger charge is -2.19. The molecule has 0 aliphatic rings. The monoisotopic (exact) mass is 506 g/mol. The molecule has 0 unspecified atom stereocenters. The molecular weight excluding hydrogens is 472 g/mol. The zero-order chi connectivity index (χ0) is 25.9. The van der Waals surface area contributed by atoms with Gasteiger partial charge in [0.15, 0.2) is 0 Å². The van der Waals surface area contributed by atoms with Gasteiger partial charge in [-0.15, -0.1) is 0 Å². The Morgan fingerprint density at radius 1 is 0.944 bits per heavy atom. The summed E-state index contributed by atoms with van der Waals surface area (Å²) in [7, 11) is 0. The van der Waals surface area contributed by atoms with E-state index in [1.165, 1.54) is 0 Å². The summed E-state index contributed by atoms with van der Waals surface area (Å²) in [5, 5.41) is 25.6. The first-order valence-electron chi connectivity index (χ1n) is 12.0. The van der Waals surface area contributed by atoms with Crippen LogP contribution in [0.2, 0.25) is 0 Å². The molecule has 0 fully saturated rings. The van der Waals surface area contributed by atoms with E-state index in [0.717, 1.165) is 27.8 Å². The summed E-state index contributed by atoms with van der Waals surface area (Å²) in [6, 6.07) is 22.4. The van der Waals surface area contributed by atoms with Crippen molar-refractivity contribution in [2.24, 2.45) is 0 Å². The molecular formula is C29H34N2O4S. The lowest BCUT2D eigenvalue weighted by molar-refractivity contribution is -0.139. The number of carboxylic acids is 1. The maximum atomic E-state index is 13.2. The van der Waals surface area contributed by atoms with Gasteiger partial charge in [0.1, 0.15) is 6.04 Å². The summed E-state index contributed by atoms with van der Waals surface area (Å²) in [5.74, 6) is -0.802. The number of carbonyl (C=O) groups excluding carboxylic acids is 1. The number of aliphatic carboxylic acids is 1.